The topological polar surface area (TPSA) is 84.7 Å². The molecule has 6 nitrogen and oxygen atoms in total. The predicted octanol–water partition coefficient (Wildman–Crippen LogP) is 1.30. The van der Waals surface area contributed by atoms with Crippen molar-refractivity contribution >= 4 is 23.2 Å². The van der Waals surface area contributed by atoms with Crippen LogP contribution in [0, 0.1) is 5.41 Å². The summed E-state index contributed by atoms with van der Waals surface area (Å²) in [5.74, 6) is 0.436. The second-order valence-electron chi connectivity index (χ2n) is 6.11. The summed E-state index contributed by atoms with van der Waals surface area (Å²) in [5.41, 5.74) is 7.15. The Morgan fingerprint density at radius 2 is 2.14 bits per heavy atom. The van der Waals surface area contributed by atoms with E-state index in [1.165, 1.54) is 0 Å². The predicted molar refractivity (Wildman–Crippen MR) is 83.7 cm³/mol. The Balaban J connectivity index is 1.85. The Labute approximate surface area is 129 Å². The van der Waals surface area contributed by atoms with Crippen molar-refractivity contribution in [3.8, 4) is 5.75 Å². The Morgan fingerprint density at radius 3 is 2.91 bits per heavy atom. The van der Waals surface area contributed by atoms with Gasteiger partial charge in [0, 0.05) is 25.6 Å². The van der Waals surface area contributed by atoms with Crippen molar-refractivity contribution in [2.24, 2.45) is 5.41 Å². The summed E-state index contributed by atoms with van der Waals surface area (Å²) in [4.78, 5) is 26.1. The van der Waals surface area contributed by atoms with E-state index in [1.54, 1.807) is 7.11 Å². The lowest BCUT2D eigenvalue weighted by atomic mass is 9.82. The molecular formula is C16H21N3O3. The zero-order valence-corrected chi connectivity index (χ0v) is 12.7. The number of rotatable bonds is 2. The van der Waals surface area contributed by atoms with Crippen LogP contribution in [-0.2, 0) is 9.59 Å². The molecule has 0 radical (unpaired) electrons. The number of carbonyl (C=O) groups excluding carboxylic acids is 2. The largest absolute Gasteiger partial charge is 0.497 e. The lowest BCUT2D eigenvalue weighted by molar-refractivity contribution is -0.134. The molecule has 1 spiro atoms. The van der Waals surface area contributed by atoms with Crippen LogP contribution in [0.5, 0.6) is 5.75 Å². The van der Waals surface area contributed by atoms with Crippen LogP contribution < -0.4 is 20.7 Å². The van der Waals surface area contributed by atoms with E-state index in [1.807, 2.05) is 18.2 Å². The van der Waals surface area contributed by atoms with Gasteiger partial charge in [0.15, 0.2) is 0 Å². The van der Waals surface area contributed by atoms with Crippen LogP contribution in [0.15, 0.2) is 18.2 Å². The maximum atomic E-state index is 12.4. The second kappa shape index (κ2) is 5.51. The molecule has 0 bridgehead atoms. The molecule has 118 valence electrons. The number of ether oxygens (including phenoxy) is 1. The zero-order valence-electron chi connectivity index (χ0n) is 12.7. The Hall–Kier alpha value is -2.24. The summed E-state index contributed by atoms with van der Waals surface area (Å²) in [7, 11) is 1.62. The van der Waals surface area contributed by atoms with Gasteiger partial charge in [-0.25, -0.2) is 0 Å². The number of hydrogen-bond acceptors (Lipinski definition) is 5. The van der Waals surface area contributed by atoms with E-state index >= 15 is 0 Å². The molecule has 3 N–H and O–H groups in total. The molecule has 1 unspecified atom stereocenters. The van der Waals surface area contributed by atoms with Crippen molar-refractivity contribution in [1.82, 2.24) is 5.32 Å². The lowest BCUT2D eigenvalue weighted by Crippen LogP contribution is -2.43. The van der Waals surface area contributed by atoms with Crippen molar-refractivity contribution in [1.29, 1.82) is 0 Å². The molecule has 2 aliphatic rings. The van der Waals surface area contributed by atoms with E-state index in [9.17, 15) is 9.59 Å². The molecule has 3 rings (SSSR count). The van der Waals surface area contributed by atoms with Gasteiger partial charge in [-0.3, -0.25) is 14.9 Å². The Kier molecular flexibility index (Phi) is 3.68. The minimum atomic E-state index is -0.484. The van der Waals surface area contributed by atoms with Crippen LogP contribution in [0.1, 0.15) is 25.7 Å². The van der Waals surface area contributed by atoms with Gasteiger partial charge in [-0.1, -0.05) is 0 Å². The van der Waals surface area contributed by atoms with E-state index in [-0.39, 0.29) is 11.8 Å². The summed E-state index contributed by atoms with van der Waals surface area (Å²) in [6, 6.07) is 5.53. The SMILES string of the molecule is COc1ccc(N)c(N2CCC3(CCCC(=O)NC3=O)C2)c1. The molecular weight excluding hydrogens is 282 g/mol. The van der Waals surface area contributed by atoms with E-state index < -0.39 is 5.41 Å². The van der Waals surface area contributed by atoms with Gasteiger partial charge in [-0.2, -0.15) is 0 Å². The summed E-state index contributed by atoms with van der Waals surface area (Å²) in [6.07, 6.45) is 2.65. The first kappa shape index (κ1) is 14.7. The number of nitrogens with one attached hydrogen (secondary N) is 1. The highest BCUT2D eigenvalue weighted by Crippen LogP contribution is 2.41. The van der Waals surface area contributed by atoms with Crippen LogP contribution in [-0.4, -0.2) is 32.0 Å². The quantitative estimate of drug-likeness (QED) is 0.635. The zero-order chi connectivity index (χ0) is 15.7. The normalized spacial score (nSPS) is 25.2. The van der Waals surface area contributed by atoms with Crippen molar-refractivity contribution in [3.63, 3.8) is 0 Å². The highest BCUT2D eigenvalue weighted by atomic mass is 16.5. The Bertz CT molecular complexity index is 617. The first-order valence-electron chi connectivity index (χ1n) is 7.57. The second-order valence-corrected chi connectivity index (χ2v) is 6.11. The molecule has 0 aromatic heterocycles. The molecule has 2 heterocycles. The average molecular weight is 303 g/mol. The first-order valence-corrected chi connectivity index (χ1v) is 7.57. The standard InChI is InChI=1S/C16H21N3O3/c1-22-11-4-5-12(17)13(9-11)19-8-7-16(10-19)6-2-3-14(20)18-15(16)21/h4-5,9H,2-3,6-8,10,17H2,1H3,(H,18,20,21). The number of nitrogens with two attached hydrogens (primary N) is 1. The highest BCUT2D eigenvalue weighted by molar-refractivity contribution is 5.99. The van der Waals surface area contributed by atoms with Gasteiger partial charge < -0.3 is 15.4 Å². The van der Waals surface area contributed by atoms with Crippen molar-refractivity contribution in [3.05, 3.63) is 18.2 Å². The van der Waals surface area contributed by atoms with Gasteiger partial charge in [0.25, 0.3) is 0 Å². The van der Waals surface area contributed by atoms with Gasteiger partial charge in [-0.05, 0) is 31.4 Å². The monoisotopic (exact) mass is 303 g/mol. The molecule has 2 aliphatic heterocycles. The summed E-state index contributed by atoms with van der Waals surface area (Å²) >= 11 is 0. The number of anilines is 2. The van der Waals surface area contributed by atoms with Crippen LogP contribution in [0.25, 0.3) is 0 Å². The number of methoxy groups -OCH3 is 1. The van der Waals surface area contributed by atoms with Crippen LogP contribution >= 0.6 is 0 Å². The third kappa shape index (κ3) is 2.49. The van der Waals surface area contributed by atoms with Gasteiger partial charge in [0.1, 0.15) is 5.75 Å². The number of hydrogen-bond donors (Lipinski definition) is 2. The summed E-state index contributed by atoms with van der Waals surface area (Å²) in [6.45, 7) is 1.34. The smallest absolute Gasteiger partial charge is 0.234 e. The molecule has 6 heteroatoms. The van der Waals surface area contributed by atoms with Gasteiger partial charge >= 0.3 is 0 Å². The maximum absolute atomic E-state index is 12.4. The number of nitrogen functional groups attached to an aromatic ring is 1. The molecule has 1 aromatic carbocycles. The third-order valence-electron chi connectivity index (χ3n) is 4.73. The molecule has 2 saturated heterocycles. The van der Waals surface area contributed by atoms with Crippen LogP contribution in [0.4, 0.5) is 11.4 Å². The van der Waals surface area contributed by atoms with Gasteiger partial charge in [0.2, 0.25) is 11.8 Å². The van der Waals surface area contributed by atoms with E-state index in [2.05, 4.69) is 10.2 Å². The molecule has 22 heavy (non-hydrogen) atoms. The Morgan fingerprint density at radius 1 is 1.32 bits per heavy atom. The number of carbonyl (C=O) groups is 2. The highest BCUT2D eigenvalue weighted by Gasteiger charge is 2.46. The van der Waals surface area contributed by atoms with E-state index in [0.29, 0.717) is 18.7 Å². The number of amides is 2. The minimum Gasteiger partial charge on any atom is -0.497 e. The lowest BCUT2D eigenvalue weighted by Gasteiger charge is -2.27. The van der Waals surface area contributed by atoms with Gasteiger partial charge in [-0.15, -0.1) is 0 Å². The van der Waals surface area contributed by atoms with Gasteiger partial charge in [0.05, 0.1) is 23.9 Å². The number of nitrogens with zero attached hydrogens (tertiary/aromatic N) is 1. The van der Waals surface area contributed by atoms with Crippen LogP contribution in [0.2, 0.25) is 0 Å². The fourth-order valence-corrected chi connectivity index (χ4v) is 3.41. The average Bonchev–Trinajstić information content (AvgIpc) is 2.87. The van der Waals surface area contributed by atoms with Crippen LogP contribution in [0.3, 0.4) is 0 Å². The van der Waals surface area contributed by atoms with E-state index in [4.69, 9.17) is 10.5 Å². The molecule has 0 aliphatic carbocycles. The first-order chi connectivity index (χ1) is 10.5. The van der Waals surface area contributed by atoms with Crippen molar-refractivity contribution < 1.29 is 14.3 Å². The molecule has 2 fully saturated rings. The fourth-order valence-electron chi connectivity index (χ4n) is 3.41. The summed E-state index contributed by atoms with van der Waals surface area (Å²) in [5, 5.41) is 2.52. The third-order valence-corrected chi connectivity index (χ3v) is 4.73. The fraction of sp³-hybridized carbons (Fsp3) is 0.500. The minimum absolute atomic E-state index is 0.140. The number of benzene rings is 1. The van der Waals surface area contributed by atoms with Crippen molar-refractivity contribution in [2.45, 2.75) is 25.7 Å². The maximum Gasteiger partial charge on any atom is 0.234 e. The van der Waals surface area contributed by atoms with E-state index in [0.717, 1.165) is 37.2 Å². The molecule has 2 amide bonds. The molecule has 1 aromatic rings. The number of imide groups is 1. The molecule has 1 atom stereocenters. The van der Waals surface area contributed by atoms with Crippen molar-refractivity contribution in [2.75, 3.05) is 30.8 Å². The molecule has 0 saturated carbocycles. The summed E-state index contributed by atoms with van der Waals surface area (Å²) < 4.78 is 5.26.